The van der Waals surface area contributed by atoms with Gasteiger partial charge in [0.25, 0.3) is 0 Å². The number of carbonyl (C=O) groups is 1. The van der Waals surface area contributed by atoms with Crippen LogP contribution in [-0.2, 0) is 11.3 Å². The number of rotatable bonds is 4. The van der Waals surface area contributed by atoms with Crippen LogP contribution in [0.15, 0.2) is 36.4 Å². The molecule has 0 aliphatic carbocycles. The van der Waals surface area contributed by atoms with Gasteiger partial charge in [-0.1, -0.05) is 24.3 Å². The summed E-state index contributed by atoms with van der Waals surface area (Å²) in [5.74, 6) is -0.530. The van der Waals surface area contributed by atoms with Crippen LogP contribution >= 0.6 is 0 Å². The van der Waals surface area contributed by atoms with Crippen LogP contribution in [0.1, 0.15) is 41.5 Å². The molecule has 0 spiro atoms. The molecule has 0 radical (unpaired) electrons. The van der Waals surface area contributed by atoms with E-state index in [0.29, 0.717) is 31.1 Å². The van der Waals surface area contributed by atoms with E-state index in [1.54, 1.807) is 4.90 Å². The normalized spacial score (nSPS) is 16.3. The van der Waals surface area contributed by atoms with Crippen LogP contribution in [0.4, 0.5) is 5.69 Å². The molecular weight excluding hydrogens is 344 g/mol. The number of nitrogen functional groups attached to an aromatic ring is 1. The van der Waals surface area contributed by atoms with Gasteiger partial charge in [-0.2, -0.15) is 0 Å². The maximum absolute atomic E-state index is 12.8. The third-order valence-electron chi connectivity index (χ3n) is 5.25. The maximum Gasteiger partial charge on any atom is 0.244 e. The summed E-state index contributed by atoms with van der Waals surface area (Å²) in [6.45, 7) is 1.73. The molecule has 144 valence electrons. The molecule has 3 rings (SSSR count). The van der Waals surface area contributed by atoms with Crippen molar-refractivity contribution >= 4 is 11.6 Å². The number of benzene rings is 2. The van der Waals surface area contributed by atoms with Gasteiger partial charge in [0.15, 0.2) is 11.5 Å². The van der Waals surface area contributed by atoms with Gasteiger partial charge in [-0.15, -0.1) is 0 Å². The Hall–Kier alpha value is -2.77. The van der Waals surface area contributed by atoms with E-state index in [1.165, 1.54) is 17.7 Å². The number of likely N-dealkylation sites (tertiary alicyclic amines) is 1. The van der Waals surface area contributed by atoms with Crippen molar-refractivity contribution in [2.45, 2.75) is 31.3 Å². The van der Waals surface area contributed by atoms with Crippen LogP contribution in [0.5, 0.6) is 11.5 Å². The lowest BCUT2D eigenvalue weighted by molar-refractivity contribution is -0.133. The Kier molecular flexibility index (Phi) is 5.53. The molecular formula is C20H26N4O3. The summed E-state index contributed by atoms with van der Waals surface area (Å²) in [4.78, 5) is 14.5. The van der Waals surface area contributed by atoms with Crippen LogP contribution in [0.3, 0.4) is 0 Å². The van der Waals surface area contributed by atoms with E-state index in [1.807, 2.05) is 12.1 Å². The van der Waals surface area contributed by atoms with E-state index in [-0.39, 0.29) is 23.1 Å². The highest BCUT2D eigenvalue weighted by molar-refractivity contribution is 5.85. The van der Waals surface area contributed by atoms with Crippen molar-refractivity contribution in [3.8, 4) is 11.5 Å². The fourth-order valence-corrected chi connectivity index (χ4v) is 3.62. The molecule has 0 saturated carbocycles. The summed E-state index contributed by atoms with van der Waals surface area (Å²) >= 11 is 0. The van der Waals surface area contributed by atoms with Gasteiger partial charge in [-0.3, -0.25) is 4.79 Å². The molecule has 7 nitrogen and oxygen atoms in total. The highest BCUT2D eigenvalue weighted by atomic mass is 16.3. The van der Waals surface area contributed by atoms with Gasteiger partial charge >= 0.3 is 0 Å². The first-order chi connectivity index (χ1) is 12.9. The fourth-order valence-electron chi connectivity index (χ4n) is 3.62. The summed E-state index contributed by atoms with van der Waals surface area (Å²) in [6, 6.07) is 9.74. The SMILES string of the molecule is NCc1cccc(C2CCN(C(=O)C(N)c3cc(O)c(O)cc3N)CC2)c1. The minimum Gasteiger partial charge on any atom is -0.504 e. The monoisotopic (exact) mass is 370 g/mol. The highest BCUT2D eigenvalue weighted by Gasteiger charge is 2.29. The average Bonchev–Trinajstić information content (AvgIpc) is 2.70. The molecule has 0 bridgehead atoms. The Bertz CT molecular complexity index is 832. The van der Waals surface area contributed by atoms with Crippen LogP contribution in [-0.4, -0.2) is 34.1 Å². The molecule has 1 saturated heterocycles. The minimum absolute atomic E-state index is 0.180. The topological polar surface area (TPSA) is 139 Å². The zero-order valence-electron chi connectivity index (χ0n) is 15.1. The number of aromatic hydroxyl groups is 2. The summed E-state index contributed by atoms with van der Waals surface area (Å²) in [5, 5.41) is 19.2. The molecule has 7 heteroatoms. The first kappa shape index (κ1) is 19.0. The fraction of sp³-hybridized carbons (Fsp3) is 0.350. The highest BCUT2D eigenvalue weighted by Crippen LogP contribution is 2.34. The molecule has 1 heterocycles. The third kappa shape index (κ3) is 3.99. The molecule has 1 aliphatic heterocycles. The van der Waals surface area contributed by atoms with Gasteiger partial charge in [0.1, 0.15) is 6.04 Å². The largest absolute Gasteiger partial charge is 0.504 e. The van der Waals surface area contributed by atoms with E-state index >= 15 is 0 Å². The molecule has 27 heavy (non-hydrogen) atoms. The van der Waals surface area contributed by atoms with Crippen LogP contribution in [0.25, 0.3) is 0 Å². The van der Waals surface area contributed by atoms with Crippen molar-refractivity contribution in [2.24, 2.45) is 11.5 Å². The van der Waals surface area contributed by atoms with Gasteiger partial charge in [0.2, 0.25) is 5.91 Å². The van der Waals surface area contributed by atoms with Crippen LogP contribution < -0.4 is 17.2 Å². The third-order valence-corrected chi connectivity index (χ3v) is 5.25. The molecule has 1 aliphatic rings. The van der Waals surface area contributed by atoms with Crippen LogP contribution in [0, 0.1) is 0 Å². The molecule has 8 N–H and O–H groups in total. The molecule has 1 atom stereocenters. The van der Waals surface area contributed by atoms with Crippen molar-refractivity contribution in [3.05, 3.63) is 53.1 Å². The number of hydrogen-bond donors (Lipinski definition) is 5. The lowest BCUT2D eigenvalue weighted by Crippen LogP contribution is -2.43. The number of phenols is 2. The molecule has 2 aromatic carbocycles. The summed E-state index contributed by atoms with van der Waals surface area (Å²) < 4.78 is 0. The number of amides is 1. The lowest BCUT2D eigenvalue weighted by atomic mass is 9.88. The number of phenolic OH excluding ortho intramolecular Hbond substituents is 2. The molecule has 1 fully saturated rings. The second-order valence-electron chi connectivity index (χ2n) is 7.00. The Morgan fingerprint density at radius 3 is 2.48 bits per heavy atom. The van der Waals surface area contributed by atoms with E-state index in [4.69, 9.17) is 17.2 Å². The second-order valence-corrected chi connectivity index (χ2v) is 7.00. The number of nitrogens with two attached hydrogens (primary N) is 3. The zero-order valence-corrected chi connectivity index (χ0v) is 15.1. The first-order valence-corrected chi connectivity index (χ1v) is 9.05. The van der Waals surface area contributed by atoms with Crippen molar-refractivity contribution in [2.75, 3.05) is 18.8 Å². The van der Waals surface area contributed by atoms with Gasteiger partial charge in [-0.25, -0.2) is 0 Å². The summed E-state index contributed by atoms with van der Waals surface area (Å²) in [7, 11) is 0. The van der Waals surface area contributed by atoms with Crippen molar-refractivity contribution in [1.29, 1.82) is 0 Å². The predicted molar refractivity (Wildman–Crippen MR) is 104 cm³/mol. The number of piperidine rings is 1. The maximum atomic E-state index is 12.8. The minimum atomic E-state index is -0.978. The Morgan fingerprint density at radius 2 is 1.81 bits per heavy atom. The van der Waals surface area contributed by atoms with E-state index < -0.39 is 6.04 Å². The Labute approximate surface area is 158 Å². The predicted octanol–water partition coefficient (Wildman–Crippen LogP) is 1.54. The number of hydrogen-bond acceptors (Lipinski definition) is 6. The Balaban J connectivity index is 1.67. The molecule has 0 aromatic heterocycles. The molecule has 1 amide bonds. The average molecular weight is 370 g/mol. The van der Waals surface area contributed by atoms with Crippen molar-refractivity contribution in [3.63, 3.8) is 0 Å². The number of carbonyl (C=O) groups excluding carboxylic acids is 1. The number of nitrogens with zero attached hydrogens (tertiary/aromatic N) is 1. The summed E-state index contributed by atoms with van der Waals surface area (Å²) in [6.07, 6.45) is 1.70. The zero-order chi connectivity index (χ0) is 19.6. The van der Waals surface area contributed by atoms with Gasteiger partial charge < -0.3 is 32.3 Å². The first-order valence-electron chi connectivity index (χ1n) is 9.05. The van der Waals surface area contributed by atoms with Gasteiger partial charge in [0.05, 0.1) is 0 Å². The van der Waals surface area contributed by atoms with E-state index in [0.717, 1.165) is 18.4 Å². The number of anilines is 1. The van der Waals surface area contributed by atoms with Gasteiger partial charge in [-0.05, 0) is 36.0 Å². The quantitative estimate of drug-likeness (QED) is 0.314. The van der Waals surface area contributed by atoms with E-state index in [2.05, 4.69) is 12.1 Å². The standard InChI is InChI=1S/C20H26N4O3/c21-11-12-2-1-3-14(8-12)13-4-6-24(7-5-13)20(27)19(23)15-9-17(25)18(26)10-16(15)22/h1-3,8-10,13,19,25-26H,4-7,11,21-23H2. The Morgan fingerprint density at radius 1 is 1.15 bits per heavy atom. The van der Waals surface area contributed by atoms with Crippen LogP contribution in [0.2, 0.25) is 0 Å². The second kappa shape index (κ2) is 7.85. The molecule has 1 unspecified atom stereocenters. The summed E-state index contributed by atoms with van der Waals surface area (Å²) in [5.41, 5.74) is 20.5. The van der Waals surface area contributed by atoms with Crippen molar-refractivity contribution in [1.82, 2.24) is 4.90 Å². The lowest BCUT2D eigenvalue weighted by Gasteiger charge is -2.34. The molecule has 2 aromatic rings. The smallest absolute Gasteiger partial charge is 0.244 e. The van der Waals surface area contributed by atoms with Crippen molar-refractivity contribution < 1.29 is 15.0 Å². The van der Waals surface area contributed by atoms with E-state index in [9.17, 15) is 15.0 Å². The van der Waals surface area contributed by atoms with Gasteiger partial charge in [0, 0.05) is 37.0 Å².